The molecule has 0 fully saturated rings. The van der Waals surface area contributed by atoms with Crippen LogP contribution in [0.15, 0.2) is 17.6 Å². The van der Waals surface area contributed by atoms with Gasteiger partial charge in [0.15, 0.2) is 5.16 Å². The Kier molecular flexibility index (Phi) is 4.26. The molecule has 2 aromatic heterocycles. The molecule has 0 bridgehead atoms. The van der Waals surface area contributed by atoms with E-state index in [9.17, 15) is 0 Å². The van der Waals surface area contributed by atoms with E-state index in [-0.39, 0.29) is 0 Å². The smallest absolute Gasteiger partial charge is 0.187 e. The summed E-state index contributed by atoms with van der Waals surface area (Å²) in [7, 11) is 0. The molecule has 0 unspecified atom stereocenters. The second kappa shape index (κ2) is 6.15. The van der Waals surface area contributed by atoms with Crippen molar-refractivity contribution in [2.75, 3.05) is 12.8 Å². The Morgan fingerprint density at radius 2 is 2.19 bits per heavy atom. The second-order valence-corrected chi connectivity index (χ2v) is 6.13. The standard InChI is InChI=1S/C15H21N5S/c1-4-20-11(2)12(8-17-20)9-19-6-5-14-13(10-19)7-16-15(18-14)21-3/h7-8H,4-6,9-10H2,1-3H3. The summed E-state index contributed by atoms with van der Waals surface area (Å²) in [4.78, 5) is 11.5. The van der Waals surface area contributed by atoms with E-state index in [4.69, 9.17) is 0 Å². The Balaban J connectivity index is 1.72. The average molecular weight is 303 g/mol. The summed E-state index contributed by atoms with van der Waals surface area (Å²) >= 11 is 1.61. The maximum absolute atomic E-state index is 4.62. The molecule has 0 saturated carbocycles. The number of aryl methyl sites for hydroxylation is 1. The molecule has 21 heavy (non-hydrogen) atoms. The van der Waals surface area contributed by atoms with Crippen LogP contribution in [-0.2, 0) is 26.1 Å². The molecule has 3 rings (SSSR count). The van der Waals surface area contributed by atoms with Crippen LogP contribution in [0.3, 0.4) is 0 Å². The van der Waals surface area contributed by atoms with Gasteiger partial charge < -0.3 is 0 Å². The quantitative estimate of drug-likeness (QED) is 0.640. The van der Waals surface area contributed by atoms with E-state index in [1.807, 2.05) is 18.6 Å². The molecule has 5 nitrogen and oxygen atoms in total. The fourth-order valence-corrected chi connectivity index (χ4v) is 3.15. The van der Waals surface area contributed by atoms with Crippen molar-refractivity contribution in [3.8, 4) is 0 Å². The van der Waals surface area contributed by atoms with E-state index < -0.39 is 0 Å². The van der Waals surface area contributed by atoms with Gasteiger partial charge in [-0.3, -0.25) is 9.58 Å². The van der Waals surface area contributed by atoms with Crippen LogP contribution in [0.2, 0.25) is 0 Å². The van der Waals surface area contributed by atoms with Gasteiger partial charge in [0.25, 0.3) is 0 Å². The molecule has 1 aliphatic heterocycles. The monoisotopic (exact) mass is 303 g/mol. The molecule has 0 N–H and O–H groups in total. The first-order chi connectivity index (χ1) is 10.2. The van der Waals surface area contributed by atoms with Crippen LogP contribution >= 0.6 is 11.8 Å². The summed E-state index contributed by atoms with van der Waals surface area (Å²) in [6.45, 7) is 8.14. The molecule has 0 aromatic carbocycles. The summed E-state index contributed by atoms with van der Waals surface area (Å²) in [6.07, 6.45) is 7.02. The SMILES string of the molecule is CCn1ncc(CN2CCc3nc(SC)ncc3C2)c1C. The Morgan fingerprint density at radius 1 is 1.33 bits per heavy atom. The van der Waals surface area contributed by atoms with Gasteiger partial charge >= 0.3 is 0 Å². The van der Waals surface area contributed by atoms with Gasteiger partial charge in [0, 0.05) is 55.6 Å². The molecule has 0 saturated heterocycles. The van der Waals surface area contributed by atoms with Gasteiger partial charge in [0.1, 0.15) is 0 Å². The Labute approximate surface area is 129 Å². The van der Waals surface area contributed by atoms with Crippen molar-refractivity contribution < 1.29 is 0 Å². The lowest BCUT2D eigenvalue weighted by atomic mass is 10.1. The third-order valence-electron chi connectivity index (χ3n) is 4.07. The number of thioether (sulfide) groups is 1. The average Bonchev–Trinajstić information content (AvgIpc) is 2.87. The lowest BCUT2D eigenvalue weighted by Gasteiger charge is -2.27. The van der Waals surface area contributed by atoms with Crippen LogP contribution in [0.5, 0.6) is 0 Å². The third kappa shape index (κ3) is 2.96. The van der Waals surface area contributed by atoms with Crippen LogP contribution in [-0.4, -0.2) is 37.4 Å². The molecule has 0 aliphatic carbocycles. The topological polar surface area (TPSA) is 46.8 Å². The van der Waals surface area contributed by atoms with E-state index in [0.717, 1.165) is 37.8 Å². The lowest BCUT2D eigenvalue weighted by molar-refractivity contribution is 0.241. The maximum Gasteiger partial charge on any atom is 0.187 e. The normalized spacial score (nSPS) is 15.2. The summed E-state index contributed by atoms with van der Waals surface area (Å²) in [5.41, 5.74) is 5.07. The highest BCUT2D eigenvalue weighted by atomic mass is 32.2. The van der Waals surface area contributed by atoms with E-state index in [0.29, 0.717) is 0 Å². The van der Waals surface area contributed by atoms with Crippen LogP contribution in [0.4, 0.5) is 0 Å². The number of fused-ring (bicyclic) bond motifs is 1. The molecule has 0 atom stereocenters. The van der Waals surface area contributed by atoms with Gasteiger partial charge in [-0.1, -0.05) is 11.8 Å². The summed E-state index contributed by atoms with van der Waals surface area (Å²) in [6, 6.07) is 0. The molecule has 2 aromatic rings. The van der Waals surface area contributed by atoms with Crippen LogP contribution < -0.4 is 0 Å². The second-order valence-electron chi connectivity index (χ2n) is 5.36. The minimum Gasteiger partial charge on any atom is -0.294 e. The number of nitrogens with zero attached hydrogens (tertiary/aromatic N) is 5. The molecular weight excluding hydrogens is 282 g/mol. The Bertz CT molecular complexity index is 637. The van der Waals surface area contributed by atoms with E-state index in [1.54, 1.807) is 11.8 Å². The van der Waals surface area contributed by atoms with Crippen molar-refractivity contribution in [1.82, 2.24) is 24.6 Å². The van der Waals surface area contributed by atoms with Crippen LogP contribution in [0.25, 0.3) is 0 Å². The first kappa shape index (κ1) is 14.5. The maximum atomic E-state index is 4.62. The van der Waals surface area contributed by atoms with Crippen molar-refractivity contribution in [2.45, 2.75) is 45.1 Å². The van der Waals surface area contributed by atoms with Crippen molar-refractivity contribution in [1.29, 1.82) is 0 Å². The molecule has 3 heterocycles. The van der Waals surface area contributed by atoms with Crippen LogP contribution in [0.1, 0.15) is 29.4 Å². The first-order valence-electron chi connectivity index (χ1n) is 7.33. The van der Waals surface area contributed by atoms with Gasteiger partial charge in [-0.25, -0.2) is 9.97 Å². The highest BCUT2D eigenvalue weighted by molar-refractivity contribution is 7.98. The highest BCUT2D eigenvalue weighted by Gasteiger charge is 2.19. The van der Waals surface area contributed by atoms with Crippen molar-refractivity contribution in [3.63, 3.8) is 0 Å². The van der Waals surface area contributed by atoms with Gasteiger partial charge in [-0.2, -0.15) is 5.10 Å². The zero-order chi connectivity index (χ0) is 14.8. The predicted octanol–water partition coefficient (Wildman–Crippen LogP) is 2.28. The molecule has 1 aliphatic rings. The third-order valence-corrected chi connectivity index (χ3v) is 4.63. The van der Waals surface area contributed by atoms with Crippen molar-refractivity contribution >= 4 is 11.8 Å². The molecule has 0 amide bonds. The van der Waals surface area contributed by atoms with E-state index in [2.05, 4.69) is 38.5 Å². The number of aromatic nitrogens is 4. The minimum absolute atomic E-state index is 0.877. The van der Waals surface area contributed by atoms with Gasteiger partial charge in [-0.05, 0) is 20.1 Å². The van der Waals surface area contributed by atoms with Crippen molar-refractivity contribution in [2.24, 2.45) is 0 Å². The molecule has 112 valence electrons. The van der Waals surface area contributed by atoms with Crippen molar-refractivity contribution in [3.05, 3.63) is 34.9 Å². The first-order valence-corrected chi connectivity index (χ1v) is 8.56. The molecular formula is C15H21N5S. The molecule has 6 heteroatoms. The zero-order valence-electron chi connectivity index (χ0n) is 12.8. The van der Waals surface area contributed by atoms with E-state index in [1.165, 1.54) is 22.5 Å². The lowest BCUT2D eigenvalue weighted by Crippen LogP contribution is -2.31. The number of hydrogen-bond donors (Lipinski definition) is 0. The Hall–Kier alpha value is -1.40. The van der Waals surface area contributed by atoms with E-state index >= 15 is 0 Å². The molecule has 0 radical (unpaired) electrons. The van der Waals surface area contributed by atoms with Gasteiger partial charge in [0.2, 0.25) is 0 Å². The van der Waals surface area contributed by atoms with Gasteiger partial charge in [-0.15, -0.1) is 0 Å². The fraction of sp³-hybridized carbons (Fsp3) is 0.533. The largest absolute Gasteiger partial charge is 0.294 e. The zero-order valence-corrected chi connectivity index (χ0v) is 13.7. The van der Waals surface area contributed by atoms with Gasteiger partial charge in [0.05, 0.1) is 11.9 Å². The fourth-order valence-electron chi connectivity index (χ4n) is 2.79. The Morgan fingerprint density at radius 3 is 2.90 bits per heavy atom. The summed E-state index contributed by atoms with van der Waals surface area (Å²) < 4.78 is 2.06. The number of rotatable bonds is 4. The molecule has 0 spiro atoms. The summed E-state index contributed by atoms with van der Waals surface area (Å²) in [5, 5.41) is 5.31. The minimum atomic E-state index is 0.877. The highest BCUT2D eigenvalue weighted by Crippen LogP contribution is 2.21. The van der Waals surface area contributed by atoms with Crippen LogP contribution in [0, 0.1) is 6.92 Å². The predicted molar refractivity (Wildman–Crippen MR) is 84.3 cm³/mol. The summed E-state index contributed by atoms with van der Waals surface area (Å²) in [5.74, 6) is 0. The number of hydrogen-bond acceptors (Lipinski definition) is 5.